The lowest BCUT2D eigenvalue weighted by Gasteiger charge is -2.33. The zero-order valence-electron chi connectivity index (χ0n) is 15.6. The lowest BCUT2D eigenvalue weighted by molar-refractivity contribution is -0.136. The quantitative estimate of drug-likeness (QED) is 0.670. The summed E-state index contributed by atoms with van der Waals surface area (Å²) in [5, 5.41) is 2.96. The molecule has 1 aliphatic heterocycles. The molecule has 1 fully saturated rings. The summed E-state index contributed by atoms with van der Waals surface area (Å²) in [6, 6.07) is 8.64. The number of thiophene rings is 1. The molecule has 0 N–H and O–H groups in total. The molecule has 0 bridgehead atoms. The molecule has 1 unspecified atom stereocenters. The number of nitrogens with zero attached hydrogens (tertiary/aromatic N) is 3. The molecule has 4 rings (SSSR count). The average Bonchev–Trinajstić information content (AvgIpc) is 3.12. The van der Waals surface area contributed by atoms with E-state index in [1.807, 2.05) is 4.90 Å². The predicted octanol–water partition coefficient (Wildman–Crippen LogP) is 4.45. The predicted molar refractivity (Wildman–Crippen MR) is 108 cm³/mol. The van der Waals surface area contributed by atoms with Gasteiger partial charge in [-0.3, -0.25) is 4.79 Å². The van der Waals surface area contributed by atoms with Gasteiger partial charge in [0.05, 0.1) is 5.39 Å². The van der Waals surface area contributed by atoms with Crippen molar-refractivity contribution in [2.24, 2.45) is 0 Å². The number of amides is 1. The van der Waals surface area contributed by atoms with E-state index >= 15 is 0 Å². The number of aromatic nitrogens is 2. The van der Waals surface area contributed by atoms with Crippen molar-refractivity contribution in [2.75, 3.05) is 13.2 Å². The molecule has 1 saturated heterocycles. The van der Waals surface area contributed by atoms with Gasteiger partial charge in [-0.05, 0) is 38.7 Å². The van der Waals surface area contributed by atoms with Crippen molar-refractivity contribution in [1.29, 1.82) is 0 Å². The maximum absolute atomic E-state index is 12.6. The van der Waals surface area contributed by atoms with Crippen LogP contribution in [0.4, 0.5) is 0 Å². The van der Waals surface area contributed by atoms with Gasteiger partial charge < -0.3 is 9.64 Å². The van der Waals surface area contributed by atoms with E-state index in [1.54, 1.807) is 11.3 Å². The van der Waals surface area contributed by atoms with Crippen LogP contribution in [0, 0.1) is 6.92 Å². The van der Waals surface area contributed by atoms with E-state index in [9.17, 15) is 4.79 Å². The normalized spacial score (nSPS) is 17.3. The van der Waals surface area contributed by atoms with Gasteiger partial charge in [0.2, 0.25) is 5.88 Å². The smallest absolute Gasteiger partial charge is 0.260 e. The minimum atomic E-state index is 0.0135. The Morgan fingerprint density at radius 3 is 2.85 bits per heavy atom. The SMILES string of the molecule is Cc1ccc(-c2csc3ncnc(OCC(=O)N4CCCCC4C)c23)cc1. The van der Waals surface area contributed by atoms with Gasteiger partial charge in [-0.2, -0.15) is 0 Å². The first kappa shape index (κ1) is 17.9. The maximum Gasteiger partial charge on any atom is 0.260 e. The highest BCUT2D eigenvalue weighted by molar-refractivity contribution is 7.17. The van der Waals surface area contributed by atoms with Gasteiger partial charge in [0, 0.05) is 23.5 Å². The first-order valence-electron chi connectivity index (χ1n) is 9.35. The third-order valence-corrected chi connectivity index (χ3v) is 6.04. The number of hydrogen-bond donors (Lipinski definition) is 0. The van der Waals surface area contributed by atoms with E-state index in [0.29, 0.717) is 5.88 Å². The molecule has 6 heteroatoms. The Balaban J connectivity index is 1.59. The van der Waals surface area contributed by atoms with E-state index < -0.39 is 0 Å². The van der Waals surface area contributed by atoms with Gasteiger partial charge in [0.25, 0.3) is 5.91 Å². The van der Waals surface area contributed by atoms with E-state index in [1.165, 1.54) is 18.3 Å². The number of carbonyl (C=O) groups is 1. The third kappa shape index (κ3) is 3.67. The number of fused-ring (bicyclic) bond motifs is 1. The molecular weight excluding hydrogens is 358 g/mol. The van der Waals surface area contributed by atoms with Crippen molar-refractivity contribution in [3.05, 3.63) is 41.5 Å². The number of hydrogen-bond acceptors (Lipinski definition) is 5. The minimum Gasteiger partial charge on any atom is -0.467 e. The molecule has 27 heavy (non-hydrogen) atoms. The highest BCUT2D eigenvalue weighted by Gasteiger charge is 2.24. The number of rotatable bonds is 4. The fourth-order valence-corrected chi connectivity index (χ4v) is 4.49. The molecular formula is C21H23N3O2S. The van der Waals surface area contributed by atoms with Crippen molar-refractivity contribution in [1.82, 2.24) is 14.9 Å². The van der Waals surface area contributed by atoms with E-state index in [2.05, 4.69) is 53.5 Å². The van der Waals surface area contributed by atoms with Crippen LogP contribution in [0.5, 0.6) is 5.88 Å². The van der Waals surface area contributed by atoms with Crippen LogP contribution < -0.4 is 4.74 Å². The highest BCUT2D eigenvalue weighted by atomic mass is 32.1. The van der Waals surface area contributed by atoms with Crippen LogP contribution in [-0.2, 0) is 4.79 Å². The van der Waals surface area contributed by atoms with Crippen molar-refractivity contribution in [2.45, 2.75) is 39.2 Å². The summed E-state index contributed by atoms with van der Waals surface area (Å²) in [4.78, 5) is 24.1. The van der Waals surface area contributed by atoms with Gasteiger partial charge in [-0.1, -0.05) is 29.8 Å². The first-order valence-corrected chi connectivity index (χ1v) is 10.2. The number of ether oxygens (including phenoxy) is 1. The molecule has 1 aliphatic rings. The Morgan fingerprint density at radius 1 is 1.26 bits per heavy atom. The van der Waals surface area contributed by atoms with Crippen LogP contribution >= 0.6 is 11.3 Å². The Morgan fingerprint density at radius 2 is 2.07 bits per heavy atom. The van der Waals surface area contributed by atoms with Crippen molar-refractivity contribution >= 4 is 27.5 Å². The summed E-state index contributed by atoms with van der Waals surface area (Å²) < 4.78 is 5.89. The molecule has 0 radical (unpaired) electrons. The zero-order chi connectivity index (χ0) is 18.8. The lowest BCUT2D eigenvalue weighted by atomic mass is 10.0. The fourth-order valence-electron chi connectivity index (χ4n) is 3.58. The number of aryl methyl sites for hydroxylation is 1. The molecule has 2 aromatic heterocycles. The second kappa shape index (κ2) is 7.64. The summed E-state index contributed by atoms with van der Waals surface area (Å²) in [5.41, 5.74) is 3.36. The molecule has 1 aromatic carbocycles. The van der Waals surface area contributed by atoms with Crippen molar-refractivity contribution < 1.29 is 9.53 Å². The monoisotopic (exact) mass is 381 g/mol. The van der Waals surface area contributed by atoms with Gasteiger partial charge >= 0.3 is 0 Å². The molecule has 0 saturated carbocycles. The summed E-state index contributed by atoms with van der Waals surface area (Å²) in [7, 11) is 0. The van der Waals surface area contributed by atoms with Gasteiger partial charge in [-0.25, -0.2) is 9.97 Å². The number of piperidine rings is 1. The Kier molecular flexibility index (Phi) is 5.07. The minimum absolute atomic E-state index is 0.0135. The molecule has 1 amide bonds. The van der Waals surface area contributed by atoms with E-state index in [-0.39, 0.29) is 18.6 Å². The Bertz CT molecular complexity index is 952. The largest absolute Gasteiger partial charge is 0.467 e. The van der Waals surface area contributed by atoms with Crippen LogP contribution in [0.3, 0.4) is 0 Å². The molecule has 3 aromatic rings. The molecule has 3 heterocycles. The van der Waals surface area contributed by atoms with Gasteiger partial charge in [0.1, 0.15) is 11.2 Å². The first-order chi connectivity index (χ1) is 13.1. The standard InChI is InChI=1S/C21H23N3O2S/c1-14-6-8-16(9-7-14)17-12-27-21-19(17)20(22-13-23-21)26-11-18(25)24-10-4-3-5-15(24)2/h6-9,12-13,15H,3-5,10-11H2,1-2H3. The highest BCUT2D eigenvalue weighted by Crippen LogP contribution is 2.37. The second-order valence-electron chi connectivity index (χ2n) is 7.09. The summed E-state index contributed by atoms with van der Waals surface area (Å²) in [6.07, 6.45) is 4.82. The summed E-state index contributed by atoms with van der Waals surface area (Å²) in [6.45, 7) is 5.00. The number of benzene rings is 1. The third-order valence-electron chi connectivity index (χ3n) is 5.15. The Labute approximate surface area is 163 Å². The summed E-state index contributed by atoms with van der Waals surface area (Å²) >= 11 is 1.56. The van der Waals surface area contributed by atoms with Crippen LogP contribution in [0.25, 0.3) is 21.3 Å². The second-order valence-corrected chi connectivity index (χ2v) is 7.95. The van der Waals surface area contributed by atoms with E-state index in [0.717, 1.165) is 40.7 Å². The molecule has 140 valence electrons. The molecule has 0 spiro atoms. The molecule has 0 aliphatic carbocycles. The summed E-state index contributed by atoms with van der Waals surface area (Å²) in [5.74, 6) is 0.510. The van der Waals surface area contributed by atoms with Crippen LogP contribution in [0.1, 0.15) is 31.7 Å². The molecule has 5 nitrogen and oxygen atoms in total. The van der Waals surface area contributed by atoms with Crippen molar-refractivity contribution in [3.63, 3.8) is 0 Å². The number of carbonyl (C=O) groups excluding carboxylic acids is 1. The maximum atomic E-state index is 12.6. The fraction of sp³-hybridized carbons (Fsp3) is 0.381. The van der Waals surface area contributed by atoms with Crippen molar-refractivity contribution in [3.8, 4) is 17.0 Å². The Hall–Kier alpha value is -2.47. The number of likely N-dealkylation sites (tertiary alicyclic amines) is 1. The average molecular weight is 382 g/mol. The van der Waals surface area contributed by atoms with Crippen LogP contribution in [0.15, 0.2) is 36.0 Å². The van der Waals surface area contributed by atoms with Crippen LogP contribution in [0.2, 0.25) is 0 Å². The lowest BCUT2D eigenvalue weighted by Crippen LogP contribution is -2.44. The molecule has 1 atom stereocenters. The zero-order valence-corrected chi connectivity index (χ0v) is 16.5. The van der Waals surface area contributed by atoms with Gasteiger partial charge in [0.15, 0.2) is 6.61 Å². The topological polar surface area (TPSA) is 55.3 Å². The van der Waals surface area contributed by atoms with Gasteiger partial charge in [-0.15, -0.1) is 11.3 Å². The van der Waals surface area contributed by atoms with E-state index in [4.69, 9.17) is 4.74 Å². The van der Waals surface area contributed by atoms with Crippen LogP contribution in [-0.4, -0.2) is 40.0 Å².